The predicted octanol–water partition coefficient (Wildman–Crippen LogP) is 3.10. The highest BCUT2D eigenvalue weighted by Gasteiger charge is 2.42. The van der Waals surface area contributed by atoms with Crippen LogP contribution >= 0.6 is 0 Å². The Labute approximate surface area is 149 Å². The monoisotopic (exact) mass is 337 g/mol. The Morgan fingerprint density at radius 3 is 2.60 bits per heavy atom. The van der Waals surface area contributed by atoms with Crippen molar-refractivity contribution in [1.29, 1.82) is 0 Å². The lowest BCUT2D eigenvalue weighted by molar-refractivity contribution is 0.00439. The second-order valence-electron chi connectivity index (χ2n) is 7.69. The second kappa shape index (κ2) is 6.77. The quantitative estimate of drug-likeness (QED) is 0.935. The Balaban J connectivity index is 1.57. The number of benzene rings is 1. The van der Waals surface area contributed by atoms with Crippen LogP contribution < -0.4 is 5.43 Å². The molecular formula is C21H27N3O. The van der Waals surface area contributed by atoms with Gasteiger partial charge in [0.05, 0.1) is 0 Å². The van der Waals surface area contributed by atoms with E-state index in [-0.39, 0.29) is 11.0 Å². The molecule has 2 heterocycles. The van der Waals surface area contributed by atoms with E-state index in [1.165, 1.54) is 25.7 Å². The van der Waals surface area contributed by atoms with Crippen LogP contribution in [0.4, 0.5) is 0 Å². The van der Waals surface area contributed by atoms with Gasteiger partial charge in [-0.3, -0.25) is 9.69 Å². The van der Waals surface area contributed by atoms with Crippen molar-refractivity contribution in [1.82, 2.24) is 14.8 Å². The van der Waals surface area contributed by atoms with E-state index < -0.39 is 0 Å². The highest BCUT2D eigenvalue weighted by atomic mass is 16.1. The Morgan fingerprint density at radius 2 is 1.88 bits per heavy atom. The highest BCUT2D eigenvalue weighted by Crippen LogP contribution is 2.38. The molecule has 4 rings (SSSR count). The Hall–Kier alpha value is -1.91. The minimum atomic E-state index is 0.143. The van der Waals surface area contributed by atoms with Crippen LogP contribution in [0, 0.1) is 0 Å². The Morgan fingerprint density at radius 1 is 1.12 bits per heavy atom. The summed E-state index contributed by atoms with van der Waals surface area (Å²) in [6.45, 7) is 4.03. The van der Waals surface area contributed by atoms with E-state index in [1.807, 2.05) is 36.5 Å². The summed E-state index contributed by atoms with van der Waals surface area (Å²) in [6.07, 6.45) is 7.07. The maximum absolute atomic E-state index is 12.7. The van der Waals surface area contributed by atoms with Gasteiger partial charge in [-0.1, -0.05) is 43.2 Å². The first kappa shape index (κ1) is 16.6. The van der Waals surface area contributed by atoms with Crippen LogP contribution in [0.2, 0.25) is 0 Å². The number of aromatic amines is 1. The first-order valence-corrected chi connectivity index (χ1v) is 9.37. The molecule has 0 atom stereocenters. The molecule has 1 saturated carbocycles. The van der Waals surface area contributed by atoms with Gasteiger partial charge in [0, 0.05) is 55.2 Å². The van der Waals surface area contributed by atoms with E-state index in [9.17, 15) is 4.79 Å². The molecule has 0 radical (unpaired) electrons. The van der Waals surface area contributed by atoms with E-state index >= 15 is 0 Å². The summed E-state index contributed by atoms with van der Waals surface area (Å²) in [5.74, 6) is 0. The van der Waals surface area contributed by atoms with Crippen LogP contribution in [0.3, 0.4) is 0 Å². The second-order valence-corrected chi connectivity index (χ2v) is 7.69. The van der Waals surface area contributed by atoms with Crippen molar-refractivity contribution in [3.8, 4) is 11.3 Å². The van der Waals surface area contributed by atoms with Gasteiger partial charge in [0.2, 0.25) is 0 Å². The molecule has 25 heavy (non-hydrogen) atoms. The van der Waals surface area contributed by atoms with Crippen LogP contribution in [0.1, 0.15) is 31.2 Å². The lowest BCUT2D eigenvalue weighted by Gasteiger charge is -2.48. The first-order chi connectivity index (χ1) is 12.2. The smallest absolute Gasteiger partial charge is 0.186 e. The number of nitrogens with one attached hydrogen (secondary N) is 1. The number of pyridine rings is 1. The van der Waals surface area contributed by atoms with Gasteiger partial charge < -0.3 is 9.88 Å². The fraction of sp³-hybridized carbons (Fsp3) is 0.476. The van der Waals surface area contributed by atoms with Gasteiger partial charge >= 0.3 is 0 Å². The maximum Gasteiger partial charge on any atom is 0.186 e. The molecule has 132 valence electrons. The summed E-state index contributed by atoms with van der Waals surface area (Å²) in [5.41, 5.74) is 3.25. The molecule has 1 spiro atoms. The fourth-order valence-electron chi connectivity index (χ4n) is 4.58. The van der Waals surface area contributed by atoms with Crippen molar-refractivity contribution in [2.75, 3.05) is 26.7 Å². The van der Waals surface area contributed by atoms with E-state index in [0.717, 1.165) is 43.0 Å². The van der Waals surface area contributed by atoms with Crippen molar-refractivity contribution in [3.63, 3.8) is 0 Å². The molecule has 1 aromatic heterocycles. The van der Waals surface area contributed by atoms with Gasteiger partial charge in [-0.25, -0.2) is 0 Å². The van der Waals surface area contributed by atoms with Crippen molar-refractivity contribution >= 4 is 0 Å². The van der Waals surface area contributed by atoms with Crippen LogP contribution in [0.5, 0.6) is 0 Å². The predicted molar refractivity (Wildman–Crippen MR) is 102 cm³/mol. The van der Waals surface area contributed by atoms with Crippen LogP contribution in [0.25, 0.3) is 11.3 Å². The van der Waals surface area contributed by atoms with Crippen molar-refractivity contribution < 1.29 is 0 Å². The Kier molecular flexibility index (Phi) is 4.48. The fourth-order valence-corrected chi connectivity index (χ4v) is 4.58. The van der Waals surface area contributed by atoms with E-state index in [0.29, 0.717) is 0 Å². The molecule has 1 saturated heterocycles. The number of hydrogen-bond acceptors (Lipinski definition) is 3. The standard InChI is InChI=1S/C21H27N3O/c1-23-11-12-24(21(16-23)9-5-6-10-21)15-18-14-22-19(13-20(18)25)17-7-3-2-4-8-17/h2-4,7-8,13-14H,5-6,9-12,15-16H2,1H3,(H,22,25). The third-order valence-electron chi connectivity index (χ3n) is 5.96. The van der Waals surface area contributed by atoms with Crippen molar-refractivity contribution in [2.24, 2.45) is 0 Å². The lowest BCUT2D eigenvalue weighted by atomic mass is 9.91. The Bertz CT molecular complexity index is 777. The van der Waals surface area contributed by atoms with Crippen LogP contribution in [0.15, 0.2) is 47.4 Å². The third kappa shape index (κ3) is 3.29. The number of rotatable bonds is 3. The van der Waals surface area contributed by atoms with Gasteiger partial charge in [0.1, 0.15) is 0 Å². The minimum absolute atomic E-state index is 0.143. The number of likely N-dealkylation sites (N-methyl/N-ethyl adjacent to an activating group) is 1. The molecule has 1 aromatic carbocycles. The summed E-state index contributed by atoms with van der Waals surface area (Å²) in [4.78, 5) is 21.1. The molecule has 0 amide bonds. The first-order valence-electron chi connectivity index (χ1n) is 9.37. The molecule has 1 aliphatic carbocycles. The molecular weight excluding hydrogens is 310 g/mol. The molecule has 2 aliphatic rings. The summed E-state index contributed by atoms with van der Waals surface area (Å²) in [7, 11) is 2.22. The normalized spacial score (nSPS) is 21.0. The molecule has 1 aliphatic heterocycles. The van der Waals surface area contributed by atoms with Gasteiger partial charge in [0.15, 0.2) is 5.43 Å². The van der Waals surface area contributed by atoms with E-state index in [1.54, 1.807) is 6.07 Å². The zero-order valence-electron chi connectivity index (χ0n) is 15.0. The average Bonchev–Trinajstić information content (AvgIpc) is 3.08. The maximum atomic E-state index is 12.7. The number of hydrogen-bond donors (Lipinski definition) is 1. The van der Waals surface area contributed by atoms with Gasteiger partial charge in [0.25, 0.3) is 0 Å². The van der Waals surface area contributed by atoms with Gasteiger partial charge in [-0.2, -0.15) is 0 Å². The van der Waals surface area contributed by atoms with Gasteiger partial charge in [-0.05, 0) is 25.5 Å². The number of nitrogens with zero attached hydrogens (tertiary/aromatic N) is 2. The zero-order valence-corrected chi connectivity index (χ0v) is 15.0. The molecule has 1 N–H and O–H groups in total. The zero-order chi connectivity index (χ0) is 17.3. The topological polar surface area (TPSA) is 39.3 Å². The van der Waals surface area contributed by atoms with Crippen LogP contribution in [-0.4, -0.2) is 47.0 Å². The highest BCUT2D eigenvalue weighted by molar-refractivity contribution is 5.58. The number of H-pyrrole nitrogens is 1. The molecule has 2 fully saturated rings. The molecule has 4 nitrogen and oxygen atoms in total. The molecule has 0 bridgehead atoms. The molecule has 2 aromatic rings. The van der Waals surface area contributed by atoms with Crippen LogP contribution in [-0.2, 0) is 6.54 Å². The lowest BCUT2D eigenvalue weighted by Crippen LogP contribution is -2.59. The van der Waals surface area contributed by atoms with E-state index in [4.69, 9.17) is 0 Å². The summed E-state index contributed by atoms with van der Waals surface area (Å²) < 4.78 is 0. The summed E-state index contributed by atoms with van der Waals surface area (Å²) in [5, 5.41) is 0. The third-order valence-corrected chi connectivity index (χ3v) is 5.96. The number of piperazine rings is 1. The van der Waals surface area contributed by atoms with E-state index in [2.05, 4.69) is 21.8 Å². The summed E-state index contributed by atoms with van der Waals surface area (Å²) in [6, 6.07) is 11.8. The van der Waals surface area contributed by atoms with Crippen molar-refractivity contribution in [2.45, 2.75) is 37.8 Å². The SMILES string of the molecule is CN1CCN(Cc2c[nH]c(-c3ccccc3)cc2=O)C2(CCCC2)C1. The minimum Gasteiger partial charge on any atom is -0.361 e. The summed E-state index contributed by atoms with van der Waals surface area (Å²) >= 11 is 0. The number of aromatic nitrogens is 1. The molecule has 0 unspecified atom stereocenters. The average molecular weight is 337 g/mol. The van der Waals surface area contributed by atoms with Gasteiger partial charge in [-0.15, -0.1) is 0 Å². The largest absolute Gasteiger partial charge is 0.361 e. The molecule has 4 heteroatoms. The van der Waals surface area contributed by atoms with Crippen molar-refractivity contribution in [3.05, 3.63) is 58.4 Å².